The second kappa shape index (κ2) is 10.1. The van der Waals surface area contributed by atoms with Gasteiger partial charge in [0, 0.05) is 33.7 Å². The summed E-state index contributed by atoms with van der Waals surface area (Å²) in [6.45, 7) is 0.455. The lowest BCUT2D eigenvalue weighted by atomic mass is 10.0. The van der Waals surface area contributed by atoms with Crippen LogP contribution in [-0.4, -0.2) is 23.1 Å². The summed E-state index contributed by atoms with van der Waals surface area (Å²) in [6, 6.07) is 23.0. The summed E-state index contributed by atoms with van der Waals surface area (Å²) in [5.74, 6) is 0.576. The molecule has 34 heavy (non-hydrogen) atoms. The first-order valence-corrected chi connectivity index (χ1v) is 11.4. The van der Waals surface area contributed by atoms with Crippen LogP contribution in [-0.2, 0) is 11.4 Å². The van der Waals surface area contributed by atoms with Gasteiger partial charge in [-0.15, -0.1) is 0 Å². The fraction of sp³-hybridized carbons (Fsp3) is 0.154. The van der Waals surface area contributed by atoms with Crippen LogP contribution in [0.15, 0.2) is 84.1 Å². The van der Waals surface area contributed by atoms with Crippen molar-refractivity contribution in [3.05, 3.63) is 101 Å². The highest BCUT2D eigenvalue weighted by atomic mass is 35.5. The molecule has 2 heterocycles. The number of hydrazine groups is 1. The van der Waals surface area contributed by atoms with Gasteiger partial charge in [0.25, 0.3) is 5.91 Å². The molecule has 1 aromatic heterocycles. The number of hydrogen-bond acceptors (Lipinski definition) is 5. The number of ether oxygens (including phenoxy) is 1. The Morgan fingerprint density at radius 2 is 1.94 bits per heavy atom. The van der Waals surface area contributed by atoms with Crippen molar-refractivity contribution in [1.29, 1.82) is 0 Å². The molecule has 0 saturated carbocycles. The standard InChI is InChI=1S/C26H24ClN5O2/c27-20-10-8-17(9-11-20)16-34-21-5-3-4-18(12-21)24-13-25(31-30-24)26(33)32-29-15-19-14-28-23-7-2-1-6-22(19)23/h1-12,14-15,24-25,28,30-31H,13,16H2,(H,32,33)/b29-15+. The van der Waals surface area contributed by atoms with Crippen LogP contribution >= 0.6 is 11.6 Å². The molecule has 0 aliphatic carbocycles. The monoisotopic (exact) mass is 473 g/mol. The van der Waals surface area contributed by atoms with Gasteiger partial charge in [0.2, 0.25) is 0 Å². The number of halogens is 1. The van der Waals surface area contributed by atoms with Gasteiger partial charge < -0.3 is 9.72 Å². The maximum absolute atomic E-state index is 12.6. The Hall–Kier alpha value is -3.65. The van der Waals surface area contributed by atoms with Crippen molar-refractivity contribution in [2.24, 2.45) is 5.10 Å². The molecule has 1 aliphatic heterocycles. The first-order chi connectivity index (χ1) is 16.7. The fourth-order valence-electron chi connectivity index (χ4n) is 3.96. The van der Waals surface area contributed by atoms with Crippen LogP contribution in [0.3, 0.4) is 0 Å². The molecule has 7 nitrogen and oxygen atoms in total. The molecular formula is C26H24ClN5O2. The third-order valence-corrected chi connectivity index (χ3v) is 6.05. The van der Waals surface area contributed by atoms with E-state index in [9.17, 15) is 4.79 Å². The molecule has 0 spiro atoms. The van der Waals surface area contributed by atoms with Gasteiger partial charge in [-0.05, 0) is 47.9 Å². The van der Waals surface area contributed by atoms with Crippen LogP contribution in [0.1, 0.15) is 29.2 Å². The second-order valence-corrected chi connectivity index (χ2v) is 8.58. The molecule has 0 bridgehead atoms. The van der Waals surface area contributed by atoms with Gasteiger partial charge in [0.1, 0.15) is 18.4 Å². The number of nitrogens with one attached hydrogen (secondary N) is 4. The number of hydrogen-bond donors (Lipinski definition) is 4. The maximum atomic E-state index is 12.6. The largest absolute Gasteiger partial charge is 0.489 e. The number of nitrogens with zero attached hydrogens (tertiary/aromatic N) is 1. The minimum atomic E-state index is -0.399. The zero-order valence-electron chi connectivity index (χ0n) is 18.3. The number of benzene rings is 3. The SMILES string of the molecule is O=C(N/N=C/c1c[nH]c2ccccc12)C1CC(c2cccc(OCc3ccc(Cl)cc3)c2)NN1. The zero-order chi connectivity index (χ0) is 23.3. The summed E-state index contributed by atoms with van der Waals surface area (Å²) < 4.78 is 5.93. The second-order valence-electron chi connectivity index (χ2n) is 8.14. The Balaban J connectivity index is 1.15. The summed E-state index contributed by atoms with van der Waals surface area (Å²) in [4.78, 5) is 15.8. The molecule has 4 N–H and O–H groups in total. The number of amides is 1. The highest BCUT2D eigenvalue weighted by molar-refractivity contribution is 6.30. The van der Waals surface area contributed by atoms with Gasteiger partial charge in [-0.1, -0.05) is 54.1 Å². The van der Waals surface area contributed by atoms with Crippen molar-refractivity contribution in [1.82, 2.24) is 21.3 Å². The molecule has 3 aromatic carbocycles. The number of para-hydroxylation sites is 1. The lowest BCUT2D eigenvalue weighted by Gasteiger charge is -2.12. The van der Waals surface area contributed by atoms with E-state index in [1.807, 2.05) is 79.0 Å². The fourth-order valence-corrected chi connectivity index (χ4v) is 4.09. The highest BCUT2D eigenvalue weighted by Crippen LogP contribution is 2.26. The Morgan fingerprint density at radius 1 is 1.09 bits per heavy atom. The molecule has 5 rings (SSSR count). The quantitative estimate of drug-likeness (QED) is 0.236. The molecule has 172 valence electrons. The van der Waals surface area contributed by atoms with Crippen molar-refractivity contribution in [2.45, 2.75) is 25.1 Å². The number of carbonyl (C=O) groups is 1. The maximum Gasteiger partial charge on any atom is 0.258 e. The molecular weight excluding hydrogens is 450 g/mol. The van der Waals surface area contributed by atoms with E-state index < -0.39 is 6.04 Å². The third-order valence-electron chi connectivity index (χ3n) is 5.80. The van der Waals surface area contributed by atoms with Gasteiger partial charge in [0.05, 0.1) is 6.21 Å². The van der Waals surface area contributed by atoms with E-state index in [-0.39, 0.29) is 11.9 Å². The number of hydrazone groups is 1. The van der Waals surface area contributed by atoms with Crippen molar-refractivity contribution in [2.75, 3.05) is 0 Å². The topological polar surface area (TPSA) is 90.5 Å². The van der Waals surface area contributed by atoms with Crippen LogP contribution in [0, 0.1) is 0 Å². The highest BCUT2D eigenvalue weighted by Gasteiger charge is 2.30. The summed E-state index contributed by atoms with van der Waals surface area (Å²) in [5.41, 5.74) is 12.9. The summed E-state index contributed by atoms with van der Waals surface area (Å²) >= 11 is 5.94. The van der Waals surface area contributed by atoms with Gasteiger partial charge in [0.15, 0.2) is 0 Å². The smallest absolute Gasteiger partial charge is 0.258 e. The molecule has 8 heteroatoms. The van der Waals surface area contributed by atoms with Crippen molar-refractivity contribution in [3.8, 4) is 5.75 Å². The zero-order valence-corrected chi connectivity index (χ0v) is 19.0. The van der Waals surface area contributed by atoms with Crippen molar-refractivity contribution < 1.29 is 9.53 Å². The minimum Gasteiger partial charge on any atom is -0.489 e. The summed E-state index contributed by atoms with van der Waals surface area (Å²) in [6.07, 6.45) is 4.11. The number of rotatable bonds is 7. The van der Waals surface area contributed by atoms with Gasteiger partial charge in [-0.2, -0.15) is 5.10 Å². The number of carbonyl (C=O) groups excluding carboxylic acids is 1. The number of fused-ring (bicyclic) bond motifs is 1. The molecule has 4 aromatic rings. The van der Waals surface area contributed by atoms with E-state index >= 15 is 0 Å². The number of H-pyrrole nitrogens is 1. The molecule has 1 saturated heterocycles. The average Bonchev–Trinajstić information content (AvgIpc) is 3.52. The van der Waals surface area contributed by atoms with Crippen molar-refractivity contribution >= 4 is 34.6 Å². The van der Waals surface area contributed by atoms with E-state index in [0.29, 0.717) is 18.1 Å². The van der Waals surface area contributed by atoms with E-state index in [2.05, 4.69) is 26.4 Å². The molecule has 1 aliphatic rings. The predicted octanol–water partition coefficient (Wildman–Crippen LogP) is 4.46. The Bertz CT molecular complexity index is 1320. The van der Waals surface area contributed by atoms with Crippen LogP contribution in [0.25, 0.3) is 10.9 Å². The van der Waals surface area contributed by atoms with E-state index in [1.165, 1.54) is 0 Å². The number of aromatic nitrogens is 1. The van der Waals surface area contributed by atoms with Crippen molar-refractivity contribution in [3.63, 3.8) is 0 Å². The lowest BCUT2D eigenvalue weighted by Crippen LogP contribution is -2.41. The van der Waals surface area contributed by atoms with E-state index in [0.717, 1.165) is 33.3 Å². The van der Waals surface area contributed by atoms with Gasteiger partial charge >= 0.3 is 0 Å². The Labute approximate surface area is 202 Å². The third kappa shape index (κ3) is 5.12. The molecule has 2 unspecified atom stereocenters. The van der Waals surface area contributed by atoms with E-state index in [1.54, 1.807) is 6.21 Å². The Kier molecular flexibility index (Phi) is 6.58. The predicted molar refractivity (Wildman–Crippen MR) is 134 cm³/mol. The molecule has 2 atom stereocenters. The Morgan fingerprint density at radius 3 is 2.82 bits per heavy atom. The van der Waals surface area contributed by atoms with Gasteiger partial charge in [-0.3, -0.25) is 4.79 Å². The van der Waals surface area contributed by atoms with Crippen LogP contribution in [0.2, 0.25) is 5.02 Å². The first-order valence-electron chi connectivity index (χ1n) is 11.0. The molecule has 0 radical (unpaired) electrons. The van der Waals surface area contributed by atoms with E-state index in [4.69, 9.17) is 16.3 Å². The minimum absolute atomic E-state index is 0.0209. The summed E-state index contributed by atoms with van der Waals surface area (Å²) in [7, 11) is 0. The first kappa shape index (κ1) is 22.2. The summed E-state index contributed by atoms with van der Waals surface area (Å²) in [5, 5.41) is 5.89. The normalized spacial score (nSPS) is 17.9. The van der Waals surface area contributed by atoms with Crippen LogP contribution in [0.5, 0.6) is 5.75 Å². The van der Waals surface area contributed by atoms with Gasteiger partial charge in [-0.25, -0.2) is 16.3 Å². The molecule has 1 fully saturated rings. The van der Waals surface area contributed by atoms with Crippen LogP contribution in [0.4, 0.5) is 0 Å². The lowest BCUT2D eigenvalue weighted by molar-refractivity contribution is -0.122. The van der Waals surface area contributed by atoms with Crippen LogP contribution < -0.4 is 21.0 Å². The number of aromatic amines is 1. The average molecular weight is 474 g/mol. The molecule has 1 amide bonds.